The zero-order chi connectivity index (χ0) is 15.3. The van der Waals surface area contributed by atoms with Crippen LogP contribution in [-0.2, 0) is 4.74 Å². The van der Waals surface area contributed by atoms with Crippen molar-refractivity contribution in [1.29, 1.82) is 0 Å². The first-order valence-corrected chi connectivity index (χ1v) is 5.66. The second-order valence-corrected chi connectivity index (χ2v) is 3.52. The summed E-state index contributed by atoms with van der Waals surface area (Å²) in [6.07, 6.45) is 0. The van der Waals surface area contributed by atoms with Crippen LogP contribution in [0.25, 0.3) is 0 Å². The molecule has 110 valence electrons. The fraction of sp³-hybridized carbons (Fsp3) is 0.417. The SMILES string of the molecule is CCOc1c(C(=O)OC)cc(OC)c(OC)c1[N+](=O)[O-]. The third kappa shape index (κ3) is 2.73. The van der Waals surface area contributed by atoms with E-state index in [0.717, 1.165) is 0 Å². The maximum Gasteiger partial charge on any atom is 0.357 e. The summed E-state index contributed by atoms with van der Waals surface area (Å²) in [6.45, 7) is 1.78. The number of nitro benzene ring substituents is 1. The van der Waals surface area contributed by atoms with Gasteiger partial charge < -0.3 is 18.9 Å². The van der Waals surface area contributed by atoms with Gasteiger partial charge in [-0.1, -0.05) is 0 Å². The normalized spacial score (nSPS) is 9.80. The second kappa shape index (κ2) is 6.60. The number of methoxy groups -OCH3 is 3. The van der Waals surface area contributed by atoms with Crippen LogP contribution >= 0.6 is 0 Å². The number of benzene rings is 1. The topological polar surface area (TPSA) is 97.1 Å². The van der Waals surface area contributed by atoms with Gasteiger partial charge in [0.1, 0.15) is 5.56 Å². The molecule has 0 spiro atoms. The number of rotatable bonds is 6. The van der Waals surface area contributed by atoms with Crippen LogP contribution in [0.5, 0.6) is 17.2 Å². The van der Waals surface area contributed by atoms with Gasteiger partial charge in [-0.05, 0) is 6.92 Å². The highest BCUT2D eigenvalue weighted by Crippen LogP contribution is 2.46. The van der Waals surface area contributed by atoms with Crippen molar-refractivity contribution in [1.82, 2.24) is 0 Å². The number of nitro groups is 1. The van der Waals surface area contributed by atoms with Gasteiger partial charge in [0.05, 0.1) is 32.9 Å². The van der Waals surface area contributed by atoms with E-state index >= 15 is 0 Å². The minimum absolute atomic E-state index is 0.0445. The first-order chi connectivity index (χ1) is 9.51. The first kappa shape index (κ1) is 15.5. The molecular formula is C12H15NO7. The van der Waals surface area contributed by atoms with Gasteiger partial charge in [0, 0.05) is 6.07 Å². The van der Waals surface area contributed by atoms with Gasteiger partial charge >= 0.3 is 11.7 Å². The Balaban J connectivity index is 3.72. The van der Waals surface area contributed by atoms with E-state index < -0.39 is 16.6 Å². The molecular weight excluding hydrogens is 270 g/mol. The number of hydrogen-bond acceptors (Lipinski definition) is 7. The predicted molar refractivity (Wildman–Crippen MR) is 68.7 cm³/mol. The van der Waals surface area contributed by atoms with Gasteiger partial charge in [-0.25, -0.2) is 4.79 Å². The molecule has 0 bridgehead atoms. The number of hydrogen-bond donors (Lipinski definition) is 0. The first-order valence-electron chi connectivity index (χ1n) is 5.66. The molecule has 1 aromatic carbocycles. The molecule has 1 rings (SSSR count). The summed E-state index contributed by atoms with van der Waals surface area (Å²) in [4.78, 5) is 22.3. The molecule has 0 heterocycles. The van der Waals surface area contributed by atoms with Crippen LogP contribution in [0.1, 0.15) is 17.3 Å². The van der Waals surface area contributed by atoms with E-state index in [1.165, 1.54) is 27.4 Å². The summed E-state index contributed by atoms with van der Waals surface area (Å²) >= 11 is 0. The zero-order valence-electron chi connectivity index (χ0n) is 11.6. The average molecular weight is 285 g/mol. The molecule has 0 aliphatic carbocycles. The number of esters is 1. The van der Waals surface area contributed by atoms with E-state index in [1.807, 2.05) is 0 Å². The van der Waals surface area contributed by atoms with Crippen molar-refractivity contribution in [2.24, 2.45) is 0 Å². The van der Waals surface area contributed by atoms with Crippen LogP contribution in [0, 0.1) is 10.1 Å². The van der Waals surface area contributed by atoms with Crippen molar-refractivity contribution >= 4 is 11.7 Å². The van der Waals surface area contributed by atoms with Crippen molar-refractivity contribution in [2.45, 2.75) is 6.92 Å². The van der Waals surface area contributed by atoms with Gasteiger partial charge in [-0.15, -0.1) is 0 Å². The van der Waals surface area contributed by atoms with E-state index in [4.69, 9.17) is 14.2 Å². The molecule has 0 radical (unpaired) electrons. The minimum Gasteiger partial charge on any atom is -0.493 e. The summed E-state index contributed by atoms with van der Waals surface area (Å²) in [7, 11) is 3.74. The summed E-state index contributed by atoms with van der Waals surface area (Å²) < 4.78 is 19.8. The highest BCUT2D eigenvalue weighted by atomic mass is 16.6. The third-order valence-electron chi connectivity index (χ3n) is 2.47. The Morgan fingerprint density at radius 3 is 2.30 bits per heavy atom. The number of ether oxygens (including phenoxy) is 4. The lowest BCUT2D eigenvalue weighted by molar-refractivity contribution is -0.386. The molecule has 0 aromatic heterocycles. The summed E-state index contributed by atoms with van der Waals surface area (Å²) in [5.74, 6) is -1.05. The number of carbonyl (C=O) groups is 1. The minimum atomic E-state index is -0.766. The molecule has 8 heteroatoms. The molecule has 20 heavy (non-hydrogen) atoms. The van der Waals surface area contributed by atoms with Gasteiger partial charge in [-0.2, -0.15) is 0 Å². The Hall–Kier alpha value is -2.51. The summed E-state index contributed by atoms with van der Waals surface area (Å²) in [5, 5.41) is 11.2. The summed E-state index contributed by atoms with van der Waals surface area (Å²) in [5.41, 5.74) is -0.576. The fourth-order valence-electron chi connectivity index (χ4n) is 1.68. The lowest BCUT2D eigenvalue weighted by Gasteiger charge is -2.14. The van der Waals surface area contributed by atoms with E-state index in [2.05, 4.69) is 4.74 Å². The van der Waals surface area contributed by atoms with Crippen LogP contribution in [0.4, 0.5) is 5.69 Å². The molecule has 0 saturated heterocycles. The van der Waals surface area contributed by atoms with Gasteiger partial charge in [0.15, 0.2) is 5.75 Å². The van der Waals surface area contributed by atoms with E-state index in [0.29, 0.717) is 0 Å². The smallest absolute Gasteiger partial charge is 0.357 e. The van der Waals surface area contributed by atoms with Crippen molar-refractivity contribution < 1.29 is 28.7 Å². The van der Waals surface area contributed by atoms with Crippen LogP contribution in [-0.4, -0.2) is 38.8 Å². The monoisotopic (exact) mass is 285 g/mol. The lowest BCUT2D eigenvalue weighted by atomic mass is 10.1. The Kier molecular flexibility index (Phi) is 5.13. The van der Waals surface area contributed by atoms with Gasteiger partial charge in [0.2, 0.25) is 11.5 Å². The molecule has 0 saturated carbocycles. The number of nitrogens with zero attached hydrogens (tertiary/aromatic N) is 1. The molecule has 0 N–H and O–H groups in total. The maximum atomic E-state index is 11.7. The van der Waals surface area contributed by atoms with Gasteiger partial charge in [-0.3, -0.25) is 10.1 Å². The Morgan fingerprint density at radius 1 is 1.25 bits per heavy atom. The van der Waals surface area contributed by atoms with E-state index in [9.17, 15) is 14.9 Å². The molecule has 0 aliphatic heterocycles. The van der Waals surface area contributed by atoms with Crippen LogP contribution in [0.3, 0.4) is 0 Å². The van der Waals surface area contributed by atoms with Gasteiger partial charge in [0.25, 0.3) is 0 Å². The molecule has 8 nitrogen and oxygen atoms in total. The summed E-state index contributed by atoms with van der Waals surface area (Å²) in [6, 6.07) is 1.28. The van der Waals surface area contributed by atoms with Crippen molar-refractivity contribution in [3.63, 3.8) is 0 Å². The average Bonchev–Trinajstić information content (AvgIpc) is 2.45. The fourth-order valence-corrected chi connectivity index (χ4v) is 1.68. The second-order valence-electron chi connectivity index (χ2n) is 3.52. The van der Waals surface area contributed by atoms with Crippen LogP contribution < -0.4 is 14.2 Å². The third-order valence-corrected chi connectivity index (χ3v) is 2.47. The zero-order valence-corrected chi connectivity index (χ0v) is 11.6. The standard InChI is InChI=1S/C12H15NO7/c1-5-20-10-7(12(14)19-4)6-8(17-2)11(18-3)9(10)13(15)16/h6H,5H2,1-4H3. The molecule has 1 aromatic rings. The largest absolute Gasteiger partial charge is 0.493 e. The lowest BCUT2D eigenvalue weighted by Crippen LogP contribution is -2.10. The Morgan fingerprint density at radius 2 is 1.90 bits per heavy atom. The quantitative estimate of drug-likeness (QED) is 0.446. The Labute approximate surface area is 115 Å². The van der Waals surface area contributed by atoms with Crippen molar-refractivity contribution in [2.75, 3.05) is 27.9 Å². The number of carbonyl (C=O) groups excluding carboxylic acids is 1. The molecule has 0 fully saturated rings. The molecule has 0 atom stereocenters. The predicted octanol–water partition coefficient (Wildman–Crippen LogP) is 1.80. The highest BCUT2D eigenvalue weighted by Gasteiger charge is 2.32. The van der Waals surface area contributed by atoms with Crippen molar-refractivity contribution in [3.05, 3.63) is 21.7 Å². The molecule has 0 aliphatic rings. The van der Waals surface area contributed by atoms with E-state index in [1.54, 1.807) is 6.92 Å². The molecule has 0 unspecified atom stereocenters. The highest BCUT2D eigenvalue weighted by molar-refractivity contribution is 5.96. The molecule has 0 amide bonds. The maximum absolute atomic E-state index is 11.7. The van der Waals surface area contributed by atoms with Crippen LogP contribution in [0.15, 0.2) is 6.07 Å². The van der Waals surface area contributed by atoms with Crippen molar-refractivity contribution in [3.8, 4) is 17.2 Å². The Bertz CT molecular complexity index is 527. The van der Waals surface area contributed by atoms with E-state index in [-0.39, 0.29) is 29.4 Å². The van der Waals surface area contributed by atoms with Crippen LogP contribution in [0.2, 0.25) is 0 Å².